The average molecular weight is 310 g/mol. The van der Waals surface area contributed by atoms with Crippen LogP contribution in [0.2, 0.25) is 0 Å². The highest BCUT2D eigenvalue weighted by molar-refractivity contribution is 5.92. The van der Waals surface area contributed by atoms with Crippen molar-refractivity contribution in [3.05, 3.63) is 46.9 Å². The van der Waals surface area contributed by atoms with Crippen molar-refractivity contribution < 1.29 is 4.74 Å². The number of aryl methyl sites for hydroxylation is 3. The number of methoxy groups -OCH3 is 1. The number of nitrogens with one attached hydrogen (secondary N) is 1. The van der Waals surface area contributed by atoms with Crippen LogP contribution in [0.1, 0.15) is 22.6 Å². The number of hydrogen-bond acceptors (Lipinski definition) is 4. The maximum Gasteiger partial charge on any atom is 0.119 e. The zero-order valence-electron chi connectivity index (χ0n) is 14.3. The summed E-state index contributed by atoms with van der Waals surface area (Å²) < 4.78 is 7.26. The second kappa shape index (κ2) is 5.91. The van der Waals surface area contributed by atoms with E-state index in [1.165, 1.54) is 11.3 Å². The largest absolute Gasteiger partial charge is 0.497 e. The summed E-state index contributed by atoms with van der Waals surface area (Å²) in [4.78, 5) is 4.59. The number of ether oxygens (including phenoxy) is 1. The van der Waals surface area contributed by atoms with Gasteiger partial charge in [0, 0.05) is 41.6 Å². The van der Waals surface area contributed by atoms with Gasteiger partial charge in [-0.1, -0.05) is 0 Å². The Balaban J connectivity index is 1.98. The van der Waals surface area contributed by atoms with Crippen molar-refractivity contribution in [2.24, 2.45) is 7.05 Å². The molecule has 0 aliphatic heterocycles. The Morgan fingerprint density at radius 3 is 2.61 bits per heavy atom. The highest BCUT2D eigenvalue weighted by Crippen LogP contribution is 2.28. The summed E-state index contributed by atoms with van der Waals surface area (Å²) in [5.74, 6) is 0.833. The molecule has 1 N–H and O–H groups in total. The van der Waals surface area contributed by atoms with Gasteiger partial charge in [0.2, 0.25) is 0 Å². The van der Waals surface area contributed by atoms with E-state index in [1.807, 2.05) is 43.8 Å². The Hall–Kier alpha value is -2.56. The molecule has 2 aromatic heterocycles. The Labute approximate surface area is 136 Å². The SMILES string of the molecule is COc1ccc2nc(C)cc(NCc3c(C)nn(C)c3C)c2c1. The molecule has 0 amide bonds. The number of pyridine rings is 1. The lowest BCUT2D eigenvalue weighted by Crippen LogP contribution is -2.04. The first-order valence-corrected chi connectivity index (χ1v) is 7.68. The van der Waals surface area contributed by atoms with E-state index in [9.17, 15) is 0 Å². The molecule has 23 heavy (non-hydrogen) atoms. The van der Waals surface area contributed by atoms with Gasteiger partial charge in [0.15, 0.2) is 0 Å². The molecule has 5 heteroatoms. The van der Waals surface area contributed by atoms with Crippen molar-refractivity contribution in [3.63, 3.8) is 0 Å². The lowest BCUT2D eigenvalue weighted by Gasteiger charge is -2.12. The number of hydrogen-bond donors (Lipinski definition) is 1. The van der Waals surface area contributed by atoms with Crippen LogP contribution < -0.4 is 10.1 Å². The smallest absolute Gasteiger partial charge is 0.119 e. The summed E-state index contributed by atoms with van der Waals surface area (Å²) in [5, 5.41) is 9.08. The Morgan fingerprint density at radius 2 is 1.96 bits per heavy atom. The molecule has 1 aromatic carbocycles. The van der Waals surface area contributed by atoms with Crippen molar-refractivity contribution in [1.82, 2.24) is 14.8 Å². The highest BCUT2D eigenvalue weighted by atomic mass is 16.5. The third kappa shape index (κ3) is 2.86. The van der Waals surface area contributed by atoms with Crippen LogP contribution in [0.3, 0.4) is 0 Å². The predicted octanol–water partition coefficient (Wildman–Crippen LogP) is 3.51. The fourth-order valence-corrected chi connectivity index (χ4v) is 2.87. The van der Waals surface area contributed by atoms with E-state index in [1.54, 1.807) is 7.11 Å². The molecule has 3 aromatic rings. The second-order valence-corrected chi connectivity index (χ2v) is 5.82. The number of rotatable bonds is 4. The summed E-state index contributed by atoms with van der Waals surface area (Å²) in [6.45, 7) is 6.88. The zero-order chi connectivity index (χ0) is 16.6. The maximum absolute atomic E-state index is 5.34. The van der Waals surface area contributed by atoms with E-state index in [4.69, 9.17) is 4.74 Å². The predicted molar refractivity (Wildman–Crippen MR) is 93.0 cm³/mol. The van der Waals surface area contributed by atoms with Crippen LogP contribution in [0.25, 0.3) is 10.9 Å². The highest BCUT2D eigenvalue weighted by Gasteiger charge is 2.11. The van der Waals surface area contributed by atoms with Gasteiger partial charge in [-0.25, -0.2) is 0 Å². The first kappa shape index (κ1) is 15.3. The van der Waals surface area contributed by atoms with Gasteiger partial charge in [-0.3, -0.25) is 9.67 Å². The van der Waals surface area contributed by atoms with Crippen LogP contribution in [-0.4, -0.2) is 21.9 Å². The third-order valence-corrected chi connectivity index (χ3v) is 4.26. The Bertz CT molecular complexity index is 867. The van der Waals surface area contributed by atoms with Crippen LogP contribution in [0.4, 0.5) is 5.69 Å². The molecule has 0 unspecified atom stereocenters. The average Bonchev–Trinajstić information content (AvgIpc) is 2.77. The van der Waals surface area contributed by atoms with E-state index in [2.05, 4.69) is 28.4 Å². The topological polar surface area (TPSA) is 52.0 Å². The molecule has 0 bridgehead atoms. The molecular weight excluding hydrogens is 288 g/mol. The molecule has 0 aliphatic rings. The summed E-state index contributed by atoms with van der Waals surface area (Å²) in [6.07, 6.45) is 0. The zero-order valence-corrected chi connectivity index (χ0v) is 14.3. The molecule has 0 fully saturated rings. The van der Waals surface area contributed by atoms with Crippen molar-refractivity contribution in [1.29, 1.82) is 0 Å². The quantitative estimate of drug-likeness (QED) is 0.801. The van der Waals surface area contributed by atoms with Gasteiger partial charge >= 0.3 is 0 Å². The fraction of sp³-hybridized carbons (Fsp3) is 0.333. The van der Waals surface area contributed by atoms with E-state index in [0.717, 1.165) is 40.3 Å². The van der Waals surface area contributed by atoms with Gasteiger partial charge in [-0.05, 0) is 45.0 Å². The normalized spacial score (nSPS) is 11.0. The van der Waals surface area contributed by atoms with Gasteiger partial charge in [0.05, 0.1) is 18.3 Å². The molecule has 0 spiro atoms. The molecule has 0 atom stereocenters. The summed E-state index contributed by atoms with van der Waals surface area (Å²) in [7, 11) is 3.65. The lowest BCUT2D eigenvalue weighted by molar-refractivity contribution is 0.415. The Morgan fingerprint density at radius 1 is 1.17 bits per heavy atom. The fourth-order valence-electron chi connectivity index (χ4n) is 2.87. The lowest BCUT2D eigenvalue weighted by atomic mass is 10.1. The van der Waals surface area contributed by atoms with Gasteiger partial charge in [-0.15, -0.1) is 0 Å². The minimum Gasteiger partial charge on any atom is -0.497 e. The molecule has 0 saturated carbocycles. The summed E-state index contributed by atoms with van der Waals surface area (Å²) >= 11 is 0. The molecular formula is C18H22N4O. The second-order valence-electron chi connectivity index (χ2n) is 5.82. The monoisotopic (exact) mass is 310 g/mol. The van der Waals surface area contributed by atoms with Crippen molar-refractivity contribution >= 4 is 16.6 Å². The van der Waals surface area contributed by atoms with Crippen molar-refractivity contribution in [2.45, 2.75) is 27.3 Å². The summed E-state index contributed by atoms with van der Waals surface area (Å²) in [6, 6.07) is 8.02. The Kier molecular flexibility index (Phi) is 3.94. The summed E-state index contributed by atoms with van der Waals surface area (Å²) in [5.41, 5.74) is 6.50. The first-order valence-electron chi connectivity index (χ1n) is 7.68. The van der Waals surface area contributed by atoms with E-state index in [-0.39, 0.29) is 0 Å². The van der Waals surface area contributed by atoms with Crippen LogP contribution >= 0.6 is 0 Å². The van der Waals surface area contributed by atoms with Crippen LogP contribution in [0.15, 0.2) is 24.3 Å². The van der Waals surface area contributed by atoms with Gasteiger partial charge in [0.1, 0.15) is 5.75 Å². The van der Waals surface area contributed by atoms with Crippen molar-refractivity contribution in [2.75, 3.05) is 12.4 Å². The molecule has 0 radical (unpaired) electrons. The van der Waals surface area contributed by atoms with Gasteiger partial charge < -0.3 is 10.1 Å². The van der Waals surface area contributed by atoms with Crippen LogP contribution in [0, 0.1) is 20.8 Å². The molecule has 0 saturated heterocycles. The molecule has 120 valence electrons. The molecule has 0 aliphatic carbocycles. The maximum atomic E-state index is 5.34. The van der Waals surface area contributed by atoms with E-state index >= 15 is 0 Å². The minimum absolute atomic E-state index is 0.737. The first-order chi connectivity index (χ1) is 11.0. The molecule has 5 nitrogen and oxygen atoms in total. The van der Waals surface area contributed by atoms with E-state index < -0.39 is 0 Å². The molecule has 3 rings (SSSR count). The van der Waals surface area contributed by atoms with Crippen LogP contribution in [-0.2, 0) is 13.6 Å². The van der Waals surface area contributed by atoms with Gasteiger partial charge in [0.25, 0.3) is 0 Å². The number of aromatic nitrogens is 3. The molecule has 2 heterocycles. The van der Waals surface area contributed by atoms with Gasteiger partial charge in [-0.2, -0.15) is 5.10 Å². The van der Waals surface area contributed by atoms with E-state index in [0.29, 0.717) is 0 Å². The number of anilines is 1. The number of nitrogens with zero attached hydrogens (tertiary/aromatic N) is 3. The van der Waals surface area contributed by atoms with Crippen molar-refractivity contribution in [3.8, 4) is 5.75 Å². The number of fused-ring (bicyclic) bond motifs is 1. The standard InChI is InChI=1S/C18H22N4O/c1-11-8-18(15-9-14(23-5)6-7-17(15)20-11)19-10-16-12(2)21-22(4)13(16)3/h6-9H,10H2,1-5H3,(H,19,20). The van der Waals surface area contributed by atoms with Crippen LogP contribution in [0.5, 0.6) is 5.75 Å². The third-order valence-electron chi connectivity index (χ3n) is 4.26. The minimum atomic E-state index is 0.737. The number of benzene rings is 1.